The summed E-state index contributed by atoms with van der Waals surface area (Å²) in [7, 11) is -3.82. The Balaban J connectivity index is 1.21. The smallest absolute Gasteiger partial charge is 0.263 e. The standard InChI is InChI=1S/C27H26ClN5O4S/c28-22-6-4-20(5-7-22)12-15-37-27-11-9-25(30-31-27)21-2-1-3-23(18-21)32-38(34,35)24-8-10-26(29-19-24)33-13-16-36-17-14-33/h1-11,18-19,32H,12-17H2. The van der Waals surface area contributed by atoms with Crippen molar-refractivity contribution in [2.75, 3.05) is 42.5 Å². The number of nitrogens with zero attached hydrogens (tertiary/aromatic N) is 4. The van der Waals surface area contributed by atoms with Crippen LogP contribution in [0.3, 0.4) is 0 Å². The zero-order valence-electron chi connectivity index (χ0n) is 20.5. The minimum absolute atomic E-state index is 0.0832. The minimum atomic E-state index is -3.82. The molecule has 2 aromatic carbocycles. The van der Waals surface area contributed by atoms with Gasteiger partial charge in [-0.25, -0.2) is 13.4 Å². The Kier molecular flexibility index (Phi) is 8.02. The van der Waals surface area contributed by atoms with Gasteiger partial charge in [0.1, 0.15) is 10.7 Å². The molecule has 5 rings (SSSR count). The highest BCUT2D eigenvalue weighted by atomic mass is 35.5. The van der Waals surface area contributed by atoms with Gasteiger partial charge in [-0.05, 0) is 48.0 Å². The largest absolute Gasteiger partial charge is 0.476 e. The first-order chi connectivity index (χ1) is 18.5. The molecule has 4 aromatic rings. The zero-order valence-corrected chi connectivity index (χ0v) is 22.0. The normalized spacial score (nSPS) is 13.8. The SMILES string of the molecule is O=S(=O)(Nc1cccc(-c2ccc(OCCc3ccc(Cl)cc3)nn2)c1)c1ccc(N2CCOCC2)nc1. The molecule has 9 nitrogen and oxygen atoms in total. The molecule has 0 atom stereocenters. The summed E-state index contributed by atoms with van der Waals surface area (Å²) in [6.45, 7) is 3.16. The van der Waals surface area contributed by atoms with Crippen LogP contribution in [-0.4, -0.2) is 56.5 Å². The second kappa shape index (κ2) is 11.8. The third kappa shape index (κ3) is 6.58. The molecule has 1 aliphatic heterocycles. The maximum atomic E-state index is 13.0. The van der Waals surface area contributed by atoms with Crippen LogP contribution in [0.5, 0.6) is 5.88 Å². The number of pyridine rings is 1. The predicted molar refractivity (Wildman–Crippen MR) is 146 cm³/mol. The molecule has 1 N–H and O–H groups in total. The van der Waals surface area contributed by atoms with Gasteiger partial charge in [0.05, 0.1) is 25.5 Å². The Morgan fingerprint density at radius 3 is 2.50 bits per heavy atom. The van der Waals surface area contributed by atoms with E-state index < -0.39 is 10.0 Å². The van der Waals surface area contributed by atoms with Gasteiger partial charge in [0.25, 0.3) is 10.0 Å². The van der Waals surface area contributed by atoms with E-state index in [1.54, 1.807) is 42.5 Å². The number of morpholine rings is 1. The number of aromatic nitrogens is 3. The zero-order chi connectivity index (χ0) is 26.4. The van der Waals surface area contributed by atoms with Crippen LogP contribution in [0, 0.1) is 0 Å². The van der Waals surface area contributed by atoms with E-state index in [0.717, 1.165) is 24.5 Å². The lowest BCUT2D eigenvalue weighted by Gasteiger charge is -2.27. The lowest BCUT2D eigenvalue weighted by atomic mass is 10.1. The van der Waals surface area contributed by atoms with E-state index >= 15 is 0 Å². The molecule has 1 fully saturated rings. The second-order valence-corrected chi connectivity index (χ2v) is 10.7. The van der Waals surface area contributed by atoms with Crippen LogP contribution in [0.15, 0.2) is 83.9 Å². The first-order valence-electron chi connectivity index (χ1n) is 12.1. The summed E-state index contributed by atoms with van der Waals surface area (Å²) in [4.78, 5) is 6.49. The molecule has 11 heteroatoms. The van der Waals surface area contributed by atoms with Crippen molar-refractivity contribution in [3.05, 3.63) is 89.6 Å². The van der Waals surface area contributed by atoms with Crippen molar-refractivity contribution in [2.24, 2.45) is 0 Å². The van der Waals surface area contributed by atoms with Gasteiger partial charge in [0.15, 0.2) is 0 Å². The van der Waals surface area contributed by atoms with E-state index in [-0.39, 0.29) is 4.90 Å². The Labute approximate surface area is 226 Å². The number of sulfonamides is 1. The molecule has 0 amide bonds. The summed E-state index contributed by atoms with van der Waals surface area (Å²) in [5.41, 5.74) is 2.82. The number of rotatable bonds is 9. The van der Waals surface area contributed by atoms with Crippen LogP contribution in [0.2, 0.25) is 5.02 Å². The molecule has 0 spiro atoms. The summed E-state index contributed by atoms with van der Waals surface area (Å²) in [5, 5.41) is 9.09. The molecular formula is C27H26ClN5O4S. The van der Waals surface area contributed by atoms with Gasteiger partial charge in [-0.2, -0.15) is 0 Å². The fraction of sp³-hybridized carbons (Fsp3) is 0.222. The minimum Gasteiger partial charge on any atom is -0.476 e. The molecule has 38 heavy (non-hydrogen) atoms. The Bertz CT molecular complexity index is 1460. The Hall–Kier alpha value is -3.73. The van der Waals surface area contributed by atoms with Crippen LogP contribution in [0.4, 0.5) is 11.5 Å². The van der Waals surface area contributed by atoms with E-state index in [2.05, 4.69) is 24.8 Å². The van der Waals surface area contributed by atoms with Crippen LogP contribution in [0.25, 0.3) is 11.3 Å². The Morgan fingerprint density at radius 1 is 0.974 bits per heavy atom. The second-order valence-electron chi connectivity index (χ2n) is 8.62. The average molecular weight is 552 g/mol. The fourth-order valence-electron chi connectivity index (χ4n) is 3.94. The van der Waals surface area contributed by atoms with E-state index in [9.17, 15) is 8.42 Å². The van der Waals surface area contributed by atoms with Gasteiger partial charge >= 0.3 is 0 Å². The maximum absolute atomic E-state index is 13.0. The van der Waals surface area contributed by atoms with Gasteiger partial charge in [0, 0.05) is 48.0 Å². The number of ether oxygens (including phenoxy) is 2. The third-order valence-corrected chi connectivity index (χ3v) is 7.59. The first-order valence-corrected chi connectivity index (χ1v) is 14.0. The van der Waals surface area contributed by atoms with Gasteiger partial charge in [-0.1, -0.05) is 35.9 Å². The average Bonchev–Trinajstić information content (AvgIpc) is 2.95. The number of halogens is 1. The summed E-state index contributed by atoms with van der Waals surface area (Å²) in [5.74, 6) is 1.14. The lowest BCUT2D eigenvalue weighted by Crippen LogP contribution is -2.36. The molecule has 0 radical (unpaired) electrons. The number of hydrogen-bond acceptors (Lipinski definition) is 8. The molecular weight excluding hydrogens is 526 g/mol. The first kappa shape index (κ1) is 25.9. The van der Waals surface area contributed by atoms with Gasteiger partial charge in [-0.15, -0.1) is 10.2 Å². The van der Waals surface area contributed by atoms with E-state index in [1.165, 1.54) is 6.20 Å². The van der Waals surface area contributed by atoms with Crippen LogP contribution in [0.1, 0.15) is 5.56 Å². The van der Waals surface area contributed by atoms with Gasteiger partial charge in [0.2, 0.25) is 5.88 Å². The molecule has 196 valence electrons. The van der Waals surface area contributed by atoms with E-state index in [4.69, 9.17) is 21.1 Å². The number of anilines is 2. The highest BCUT2D eigenvalue weighted by Crippen LogP contribution is 2.24. The Morgan fingerprint density at radius 2 is 1.79 bits per heavy atom. The van der Waals surface area contributed by atoms with Crippen molar-refractivity contribution < 1.29 is 17.9 Å². The topological polar surface area (TPSA) is 107 Å². The van der Waals surface area contributed by atoms with Crippen molar-refractivity contribution in [1.29, 1.82) is 0 Å². The van der Waals surface area contributed by atoms with Crippen molar-refractivity contribution >= 4 is 33.1 Å². The van der Waals surface area contributed by atoms with Crippen molar-refractivity contribution in [3.8, 4) is 17.1 Å². The summed E-state index contributed by atoms with van der Waals surface area (Å²) in [6.07, 6.45) is 2.09. The summed E-state index contributed by atoms with van der Waals surface area (Å²) < 4.78 is 39.6. The van der Waals surface area contributed by atoms with Crippen molar-refractivity contribution in [2.45, 2.75) is 11.3 Å². The van der Waals surface area contributed by atoms with E-state index in [1.807, 2.05) is 30.3 Å². The van der Waals surface area contributed by atoms with Gasteiger partial charge in [-0.3, -0.25) is 4.72 Å². The van der Waals surface area contributed by atoms with Gasteiger partial charge < -0.3 is 14.4 Å². The molecule has 0 unspecified atom stereocenters. The van der Waals surface area contributed by atoms with Crippen molar-refractivity contribution in [1.82, 2.24) is 15.2 Å². The molecule has 0 aliphatic carbocycles. The summed E-state index contributed by atoms with van der Waals surface area (Å²) in [6, 6.07) is 21.4. The van der Waals surface area contributed by atoms with Crippen LogP contribution in [-0.2, 0) is 21.2 Å². The number of nitrogens with one attached hydrogen (secondary N) is 1. The van der Waals surface area contributed by atoms with Crippen LogP contribution < -0.4 is 14.4 Å². The highest BCUT2D eigenvalue weighted by Gasteiger charge is 2.18. The molecule has 2 aromatic heterocycles. The fourth-order valence-corrected chi connectivity index (χ4v) is 5.06. The number of hydrogen-bond donors (Lipinski definition) is 1. The third-order valence-electron chi connectivity index (χ3n) is 5.97. The monoisotopic (exact) mass is 551 g/mol. The molecule has 3 heterocycles. The molecule has 1 aliphatic rings. The lowest BCUT2D eigenvalue weighted by molar-refractivity contribution is 0.122. The summed E-state index contributed by atoms with van der Waals surface area (Å²) >= 11 is 5.92. The predicted octanol–water partition coefficient (Wildman–Crippen LogP) is 4.45. The van der Waals surface area contributed by atoms with E-state index in [0.29, 0.717) is 54.1 Å². The maximum Gasteiger partial charge on any atom is 0.263 e. The molecule has 0 saturated carbocycles. The number of benzene rings is 2. The quantitative estimate of drug-likeness (QED) is 0.325. The van der Waals surface area contributed by atoms with Crippen molar-refractivity contribution in [3.63, 3.8) is 0 Å². The molecule has 0 bridgehead atoms. The van der Waals surface area contributed by atoms with Crippen LogP contribution >= 0.6 is 11.6 Å². The highest BCUT2D eigenvalue weighted by molar-refractivity contribution is 7.92. The molecule has 1 saturated heterocycles.